The lowest BCUT2D eigenvalue weighted by atomic mass is 10.2. The second kappa shape index (κ2) is 12.9. The summed E-state index contributed by atoms with van der Waals surface area (Å²) in [4.78, 5) is 22.0. The van der Waals surface area contributed by atoms with E-state index in [1.807, 2.05) is 11.6 Å². The number of anilines is 1. The highest BCUT2D eigenvalue weighted by Gasteiger charge is 2.27. The van der Waals surface area contributed by atoms with Crippen molar-refractivity contribution in [2.24, 2.45) is 15.7 Å². The largest absolute Gasteiger partial charge is 0.491 e. The fourth-order valence-corrected chi connectivity index (χ4v) is 4.91. The molecule has 4 heterocycles. The minimum Gasteiger partial charge on any atom is -0.491 e. The van der Waals surface area contributed by atoms with Crippen LogP contribution in [-0.2, 0) is 11.3 Å². The van der Waals surface area contributed by atoms with Crippen LogP contribution in [0.5, 0.6) is 5.75 Å². The van der Waals surface area contributed by atoms with Gasteiger partial charge in [0.15, 0.2) is 17.6 Å². The SMILES string of the molecule is C/N=C(\NC1NC(N)=Nc2c1cnn2CCN1CCN(c2ccc(OCCOC)cc2F)CC1)c1nccnc1C. The maximum atomic E-state index is 14.8. The number of hydrogen-bond donors (Lipinski definition) is 3. The van der Waals surface area contributed by atoms with E-state index in [4.69, 9.17) is 15.2 Å². The third kappa shape index (κ3) is 6.55. The number of nitrogens with one attached hydrogen (secondary N) is 2. The second-order valence-corrected chi connectivity index (χ2v) is 9.71. The molecular weight excluding hydrogens is 529 g/mol. The quantitative estimate of drug-likeness (QED) is 0.186. The Bertz CT molecular complexity index is 1400. The zero-order valence-corrected chi connectivity index (χ0v) is 23.5. The van der Waals surface area contributed by atoms with E-state index in [2.05, 4.69) is 45.5 Å². The van der Waals surface area contributed by atoms with Gasteiger partial charge in [0.2, 0.25) is 0 Å². The number of piperazine rings is 1. The van der Waals surface area contributed by atoms with Crippen molar-refractivity contribution in [1.29, 1.82) is 0 Å². The Morgan fingerprint density at radius 2 is 1.98 bits per heavy atom. The van der Waals surface area contributed by atoms with Crippen molar-refractivity contribution in [1.82, 2.24) is 35.3 Å². The molecule has 1 saturated heterocycles. The number of fused-ring (bicyclic) bond motifs is 1. The number of hydrogen-bond acceptors (Lipinski definition) is 11. The molecule has 14 heteroatoms. The predicted molar refractivity (Wildman–Crippen MR) is 154 cm³/mol. The third-order valence-electron chi connectivity index (χ3n) is 7.09. The molecule has 0 bridgehead atoms. The monoisotopic (exact) mass is 565 g/mol. The van der Waals surface area contributed by atoms with E-state index < -0.39 is 0 Å². The Hall–Kier alpha value is -4.30. The number of guanidine groups is 1. The summed E-state index contributed by atoms with van der Waals surface area (Å²) in [5.41, 5.74) is 9.02. The third-order valence-corrected chi connectivity index (χ3v) is 7.09. The molecule has 0 spiro atoms. The average molecular weight is 566 g/mol. The molecule has 2 aliphatic rings. The highest BCUT2D eigenvalue weighted by atomic mass is 19.1. The van der Waals surface area contributed by atoms with Crippen molar-refractivity contribution < 1.29 is 13.9 Å². The summed E-state index contributed by atoms with van der Waals surface area (Å²) >= 11 is 0. The molecule has 41 heavy (non-hydrogen) atoms. The summed E-state index contributed by atoms with van der Waals surface area (Å²) in [6.45, 7) is 7.20. The van der Waals surface area contributed by atoms with Crippen molar-refractivity contribution in [2.45, 2.75) is 19.6 Å². The number of aliphatic imine (C=N–C) groups is 2. The van der Waals surface area contributed by atoms with E-state index >= 15 is 0 Å². The van der Waals surface area contributed by atoms with Crippen molar-refractivity contribution in [3.05, 3.63) is 59.6 Å². The second-order valence-electron chi connectivity index (χ2n) is 9.71. The predicted octanol–water partition coefficient (Wildman–Crippen LogP) is 1.18. The summed E-state index contributed by atoms with van der Waals surface area (Å²) in [5, 5.41) is 11.1. The number of ether oxygens (including phenoxy) is 2. The van der Waals surface area contributed by atoms with E-state index in [9.17, 15) is 4.39 Å². The molecule has 2 aromatic heterocycles. The van der Waals surface area contributed by atoms with Crippen LogP contribution in [0.15, 0.2) is 46.8 Å². The van der Waals surface area contributed by atoms with E-state index in [0.717, 1.165) is 44.0 Å². The molecule has 5 rings (SSSR count). The zero-order valence-electron chi connectivity index (χ0n) is 23.5. The molecule has 1 aromatic carbocycles. The minimum absolute atomic E-state index is 0.283. The van der Waals surface area contributed by atoms with Gasteiger partial charge in [-0.15, -0.1) is 0 Å². The molecule has 0 radical (unpaired) electrons. The van der Waals surface area contributed by atoms with Gasteiger partial charge in [0, 0.05) is 65.3 Å². The number of amidine groups is 1. The van der Waals surface area contributed by atoms with Crippen molar-refractivity contribution in [3.8, 4) is 5.75 Å². The topological polar surface area (TPSA) is 143 Å². The number of halogens is 1. The molecule has 1 fully saturated rings. The number of rotatable bonds is 10. The van der Waals surface area contributed by atoms with Crippen LogP contribution in [0.1, 0.15) is 23.1 Å². The van der Waals surface area contributed by atoms with E-state index in [0.29, 0.717) is 48.5 Å². The maximum Gasteiger partial charge on any atom is 0.197 e. The molecule has 0 saturated carbocycles. The molecule has 4 N–H and O–H groups in total. The van der Waals surface area contributed by atoms with Crippen molar-refractivity contribution in [2.75, 3.05) is 65.0 Å². The summed E-state index contributed by atoms with van der Waals surface area (Å²) in [6, 6.07) is 5.02. The lowest BCUT2D eigenvalue weighted by Crippen LogP contribution is -2.47. The first-order chi connectivity index (χ1) is 20.0. The highest BCUT2D eigenvalue weighted by Crippen LogP contribution is 2.28. The number of nitrogens with two attached hydrogens (primary N) is 1. The molecule has 2 aliphatic heterocycles. The van der Waals surface area contributed by atoms with E-state index in [1.54, 1.807) is 44.9 Å². The van der Waals surface area contributed by atoms with Crippen LogP contribution in [0, 0.1) is 12.7 Å². The summed E-state index contributed by atoms with van der Waals surface area (Å²) in [6.07, 6.45) is 4.69. The summed E-state index contributed by atoms with van der Waals surface area (Å²) in [5.74, 6) is 1.79. The molecule has 218 valence electrons. The Morgan fingerprint density at radius 3 is 2.71 bits per heavy atom. The Morgan fingerprint density at radius 1 is 1.17 bits per heavy atom. The Kier molecular flexibility index (Phi) is 8.89. The van der Waals surface area contributed by atoms with Crippen LogP contribution in [0.3, 0.4) is 0 Å². The molecule has 0 aliphatic carbocycles. The molecular formula is C27H36FN11O2. The van der Waals surface area contributed by atoms with Gasteiger partial charge in [-0.3, -0.25) is 14.9 Å². The summed E-state index contributed by atoms with van der Waals surface area (Å²) in [7, 11) is 3.30. The molecule has 1 atom stereocenters. The number of nitrogens with zero attached hydrogens (tertiary/aromatic N) is 8. The van der Waals surface area contributed by atoms with Crippen molar-refractivity contribution >= 4 is 23.3 Å². The van der Waals surface area contributed by atoms with Gasteiger partial charge in [0.25, 0.3) is 0 Å². The van der Waals surface area contributed by atoms with Gasteiger partial charge in [-0.2, -0.15) is 10.1 Å². The highest BCUT2D eigenvalue weighted by molar-refractivity contribution is 5.98. The maximum absolute atomic E-state index is 14.8. The van der Waals surface area contributed by atoms with Gasteiger partial charge >= 0.3 is 0 Å². The fourth-order valence-electron chi connectivity index (χ4n) is 4.91. The van der Waals surface area contributed by atoms with E-state index in [1.165, 1.54) is 6.07 Å². The number of methoxy groups -OCH3 is 1. The molecule has 13 nitrogen and oxygen atoms in total. The molecule has 1 unspecified atom stereocenters. The Balaban J connectivity index is 1.18. The van der Waals surface area contributed by atoms with E-state index in [-0.39, 0.29) is 17.9 Å². The minimum atomic E-state index is -0.383. The lowest BCUT2D eigenvalue weighted by Gasteiger charge is -2.36. The smallest absolute Gasteiger partial charge is 0.197 e. The molecule has 0 amide bonds. The van der Waals surface area contributed by atoms with Gasteiger partial charge in [-0.1, -0.05) is 0 Å². The first-order valence-corrected chi connectivity index (χ1v) is 13.5. The Labute approximate surface area is 238 Å². The standard InChI is InChI=1S/C27H36FN11O2/c1-18-23(32-7-6-31-18)25(30-2)34-24-20-17-33-39(26(20)36-27(29)35-24)13-10-37-8-11-38(12-9-37)22-5-4-19(16-21(22)28)41-15-14-40-3/h4-7,16-17,24H,8-15H2,1-3H3,(H,30,34)(H3,29,35,36). The van der Waals surface area contributed by atoms with Crippen LogP contribution >= 0.6 is 0 Å². The van der Waals surface area contributed by atoms with Crippen LogP contribution in [-0.4, -0.2) is 96.5 Å². The van der Waals surface area contributed by atoms with Crippen LogP contribution in [0.25, 0.3) is 0 Å². The van der Waals surface area contributed by atoms with Crippen LogP contribution in [0.4, 0.5) is 15.9 Å². The van der Waals surface area contributed by atoms with Crippen LogP contribution < -0.4 is 26.0 Å². The number of benzene rings is 1. The van der Waals surface area contributed by atoms with Gasteiger partial charge in [0.1, 0.15) is 30.0 Å². The first kappa shape index (κ1) is 28.2. The van der Waals surface area contributed by atoms with Gasteiger partial charge in [-0.25, -0.2) is 14.1 Å². The van der Waals surface area contributed by atoms with Gasteiger partial charge < -0.3 is 30.7 Å². The average Bonchev–Trinajstić information content (AvgIpc) is 3.38. The van der Waals surface area contributed by atoms with Crippen molar-refractivity contribution in [3.63, 3.8) is 0 Å². The normalized spacial score (nSPS) is 17.6. The lowest BCUT2D eigenvalue weighted by molar-refractivity contribution is 0.146. The summed E-state index contributed by atoms with van der Waals surface area (Å²) < 4.78 is 27.2. The number of aromatic nitrogens is 4. The van der Waals surface area contributed by atoms with Gasteiger partial charge in [0.05, 0.1) is 36.3 Å². The zero-order chi connectivity index (χ0) is 28.8. The number of aryl methyl sites for hydroxylation is 1. The van der Waals surface area contributed by atoms with Crippen LogP contribution in [0.2, 0.25) is 0 Å². The first-order valence-electron chi connectivity index (χ1n) is 13.5. The fraction of sp³-hybridized carbons (Fsp3) is 0.444. The molecule has 3 aromatic rings. The van der Waals surface area contributed by atoms with Gasteiger partial charge in [-0.05, 0) is 19.1 Å².